The molecule has 3 rings (SSSR count). The maximum Gasteiger partial charge on any atom is 0.334 e. The number of H-pyrrole nitrogens is 1. The summed E-state index contributed by atoms with van der Waals surface area (Å²) in [6.07, 6.45) is -2.27. The minimum atomic E-state index is -4.66. The van der Waals surface area contributed by atoms with Crippen LogP contribution in [0.25, 0.3) is 11.2 Å². The van der Waals surface area contributed by atoms with Crippen LogP contribution in [0.2, 0.25) is 0 Å². The molecule has 32 heavy (non-hydrogen) atoms. The van der Waals surface area contributed by atoms with Gasteiger partial charge in [-0.2, -0.15) is 4.98 Å². The molecule has 1 unspecified atom stereocenters. The van der Waals surface area contributed by atoms with Gasteiger partial charge in [-0.25, -0.2) is 4.98 Å². The second-order valence-corrected chi connectivity index (χ2v) is 10.6. The number of likely N-dealkylation sites (tertiary alicyclic amines) is 1. The summed E-state index contributed by atoms with van der Waals surface area (Å²) in [5.74, 6) is -2.07. The number of nitrogen functional groups attached to an aromatic ring is 1. The Morgan fingerprint density at radius 1 is 1.22 bits per heavy atom. The molecule has 18 heteroatoms. The van der Waals surface area contributed by atoms with Gasteiger partial charge in [-0.05, 0) is 0 Å². The first-order valence-corrected chi connectivity index (χ1v) is 12.6. The van der Waals surface area contributed by atoms with E-state index in [1.165, 1.54) is 10.9 Å². The van der Waals surface area contributed by atoms with Crippen molar-refractivity contribution in [1.82, 2.24) is 24.4 Å². The minimum Gasteiger partial charge on any atom is -0.458 e. The fraction of sp³-hybridized carbons (Fsp3) is 0.500. The van der Waals surface area contributed by atoms with Crippen LogP contribution in [0.4, 0.5) is 5.95 Å². The summed E-state index contributed by atoms with van der Waals surface area (Å²) in [5.41, 5.74) is 4.89. The lowest BCUT2D eigenvalue weighted by molar-refractivity contribution is -0.150. The van der Waals surface area contributed by atoms with Gasteiger partial charge in [0.25, 0.3) is 5.56 Å². The van der Waals surface area contributed by atoms with Crippen molar-refractivity contribution in [3.8, 4) is 0 Å². The zero-order chi connectivity index (χ0) is 23.8. The van der Waals surface area contributed by atoms with Crippen LogP contribution in [-0.2, 0) is 23.5 Å². The Hall–Kier alpha value is -2.61. The molecule has 1 saturated heterocycles. The van der Waals surface area contributed by atoms with Gasteiger partial charge in [0.1, 0.15) is 12.3 Å². The zero-order valence-corrected chi connectivity index (χ0v) is 18.1. The lowest BCUT2D eigenvalue weighted by Gasteiger charge is -2.20. The molecule has 1 aliphatic rings. The van der Waals surface area contributed by atoms with Crippen LogP contribution < -0.4 is 11.3 Å². The lowest BCUT2D eigenvalue weighted by Crippen LogP contribution is -2.32. The number of ether oxygens (including phenoxy) is 1. The number of amides is 1. The number of nitrogens with two attached hydrogens (primary N) is 1. The average molecular weight is 494 g/mol. The maximum absolute atomic E-state index is 12.3. The third kappa shape index (κ3) is 5.79. The SMILES string of the molecule is Nc1nc2c(ncn2C2CN(C(=O)CP(=O)(O)O)C[C@H]2OC(=O)CCP(=O)(O)O)c(=O)[nH]1. The van der Waals surface area contributed by atoms with E-state index in [2.05, 4.69) is 15.0 Å². The summed E-state index contributed by atoms with van der Waals surface area (Å²) < 4.78 is 28.8. The molecule has 0 spiro atoms. The van der Waals surface area contributed by atoms with Crippen LogP contribution in [0.1, 0.15) is 12.5 Å². The van der Waals surface area contributed by atoms with Crippen LogP contribution >= 0.6 is 15.2 Å². The molecule has 1 amide bonds. The predicted molar refractivity (Wildman–Crippen MR) is 106 cm³/mol. The Labute approximate surface area is 178 Å². The summed E-state index contributed by atoms with van der Waals surface area (Å²) >= 11 is 0. The highest BCUT2D eigenvalue weighted by Gasteiger charge is 2.41. The number of hydrogen-bond donors (Lipinski definition) is 6. The number of hydrogen-bond acceptors (Lipinski definition) is 9. The van der Waals surface area contributed by atoms with E-state index >= 15 is 0 Å². The second kappa shape index (κ2) is 8.73. The monoisotopic (exact) mass is 494 g/mol. The van der Waals surface area contributed by atoms with E-state index in [4.69, 9.17) is 30.0 Å². The third-order valence-electron chi connectivity index (χ3n) is 4.63. The topological polar surface area (TPSA) is 251 Å². The van der Waals surface area contributed by atoms with Crippen molar-refractivity contribution in [2.75, 3.05) is 31.1 Å². The van der Waals surface area contributed by atoms with Crippen molar-refractivity contribution < 1.29 is 43.0 Å². The van der Waals surface area contributed by atoms with Crippen molar-refractivity contribution in [3.63, 3.8) is 0 Å². The van der Waals surface area contributed by atoms with Crippen molar-refractivity contribution in [3.05, 3.63) is 16.7 Å². The predicted octanol–water partition coefficient (Wildman–Crippen LogP) is -2.26. The zero-order valence-electron chi connectivity index (χ0n) is 16.3. The van der Waals surface area contributed by atoms with Crippen LogP contribution in [-0.4, -0.2) is 87.4 Å². The van der Waals surface area contributed by atoms with E-state index in [1.807, 2.05) is 0 Å². The molecule has 0 aliphatic carbocycles. The number of carbonyl (C=O) groups excluding carboxylic acids is 2. The summed E-state index contributed by atoms with van der Waals surface area (Å²) in [6, 6.07) is -0.867. The number of nitrogens with zero attached hydrogens (tertiary/aromatic N) is 4. The summed E-state index contributed by atoms with van der Waals surface area (Å²) in [6.45, 7) is -0.432. The first-order valence-electron chi connectivity index (χ1n) is 9.02. The average Bonchev–Trinajstić information content (AvgIpc) is 3.22. The Bertz CT molecular complexity index is 1200. The van der Waals surface area contributed by atoms with Gasteiger partial charge in [-0.3, -0.25) is 28.5 Å². The van der Waals surface area contributed by atoms with Gasteiger partial charge in [0.2, 0.25) is 11.9 Å². The van der Waals surface area contributed by atoms with Crippen LogP contribution in [0, 0.1) is 0 Å². The third-order valence-corrected chi connectivity index (χ3v) is 6.12. The maximum atomic E-state index is 12.3. The highest BCUT2D eigenvalue weighted by Crippen LogP contribution is 2.37. The number of aromatic amines is 1. The highest BCUT2D eigenvalue weighted by atomic mass is 31.2. The molecule has 7 N–H and O–H groups in total. The van der Waals surface area contributed by atoms with Gasteiger partial charge >= 0.3 is 21.2 Å². The van der Waals surface area contributed by atoms with Crippen LogP contribution in [0.3, 0.4) is 0 Å². The van der Waals surface area contributed by atoms with E-state index in [0.717, 1.165) is 4.90 Å². The van der Waals surface area contributed by atoms with Gasteiger partial charge < -0.3 is 39.5 Å². The molecule has 0 radical (unpaired) electrons. The number of anilines is 1. The molecular weight excluding hydrogens is 474 g/mol. The van der Waals surface area contributed by atoms with Gasteiger partial charge in [-0.15, -0.1) is 0 Å². The molecule has 0 aromatic carbocycles. The summed E-state index contributed by atoms with van der Waals surface area (Å²) in [4.78, 5) is 83.8. The number of aromatic nitrogens is 4. The second-order valence-electron chi connectivity index (χ2n) is 7.13. The molecule has 0 bridgehead atoms. The first-order chi connectivity index (χ1) is 14.7. The number of esters is 1. The number of rotatable bonds is 7. The van der Waals surface area contributed by atoms with Crippen molar-refractivity contribution >= 4 is 44.2 Å². The quantitative estimate of drug-likeness (QED) is 0.176. The molecule has 2 aromatic rings. The smallest absolute Gasteiger partial charge is 0.334 e. The number of carbonyl (C=O) groups is 2. The fourth-order valence-electron chi connectivity index (χ4n) is 3.27. The Morgan fingerprint density at radius 3 is 2.53 bits per heavy atom. The van der Waals surface area contributed by atoms with Crippen LogP contribution in [0.5, 0.6) is 0 Å². The molecule has 16 nitrogen and oxygen atoms in total. The highest BCUT2D eigenvalue weighted by molar-refractivity contribution is 7.52. The van der Waals surface area contributed by atoms with E-state index < -0.39 is 63.5 Å². The fourth-order valence-corrected chi connectivity index (χ4v) is 4.30. The largest absolute Gasteiger partial charge is 0.458 e. The minimum absolute atomic E-state index is 0.0248. The lowest BCUT2D eigenvalue weighted by atomic mass is 10.2. The number of fused-ring (bicyclic) bond motifs is 1. The van der Waals surface area contributed by atoms with Gasteiger partial charge in [-0.1, -0.05) is 0 Å². The van der Waals surface area contributed by atoms with E-state index in [0.29, 0.717) is 0 Å². The Balaban J connectivity index is 1.90. The molecule has 1 aliphatic heterocycles. The molecule has 176 valence electrons. The molecule has 3 heterocycles. The van der Waals surface area contributed by atoms with E-state index in [9.17, 15) is 23.5 Å². The van der Waals surface area contributed by atoms with Crippen molar-refractivity contribution in [2.45, 2.75) is 18.6 Å². The summed E-state index contributed by atoms with van der Waals surface area (Å²) in [5, 5.41) is 0. The van der Waals surface area contributed by atoms with Crippen molar-refractivity contribution in [2.24, 2.45) is 0 Å². The van der Waals surface area contributed by atoms with E-state index in [1.54, 1.807) is 0 Å². The molecule has 0 saturated carbocycles. The standard InChI is InChI=1S/C14H20N6O10P2/c15-14-17-12-11(13(23)18-14)16-6-20(12)7-3-19(9(21)5-32(27,28)29)4-8(7)30-10(22)1-2-31(24,25)26/h6-8H,1-5H2,(H2,24,25,26)(H2,27,28,29)(H3,15,17,18,23)/t7?,8-/m1/s1. The first kappa shape index (κ1) is 24.0. The summed E-state index contributed by atoms with van der Waals surface area (Å²) in [7, 11) is -9.11. The van der Waals surface area contributed by atoms with E-state index in [-0.39, 0.29) is 30.2 Å². The molecular formula is C14H20N6O10P2. The Kier molecular flexibility index (Phi) is 6.56. The molecule has 1 fully saturated rings. The Morgan fingerprint density at radius 2 is 1.91 bits per heavy atom. The van der Waals surface area contributed by atoms with Crippen LogP contribution in [0.15, 0.2) is 11.1 Å². The normalized spacial score (nSPS) is 19.4. The number of imidazole rings is 1. The van der Waals surface area contributed by atoms with Crippen molar-refractivity contribution in [1.29, 1.82) is 0 Å². The van der Waals surface area contributed by atoms with Gasteiger partial charge in [0.05, 0.1) is 31.5 Å². The molecule has 2 aromatic heterocycles. The number of nitrogens with one attached hydrogen (secondary N) is 1. The van der Waals surface area contributed by atoms with Gasteiger partial charge in [0.15, 0.2) is 11.2 Å². The molecule has 2 atom stereocenters. The van der Waals surface area contributed by atoms with Gasteiger partial charge in [0, 0.05) is 6.54 Å².